The predicted molar refractivity (Wildman–Crippen MR) is 91.7 cm³/mol. The van der Waals surface area contributed by atoms with Gasteiger partial charge in [-0.3, -0.25) is 10.1 Å². The average Bonchev–Trinajstić information content (AvgIpc) is 2.59. The number of fused-ring (bicyclic) bond motifs is 1. The first kappa shape index (κ1) is 16.7. The monoisotopic (exact) mass is 441 g/mol. The van der Waals surface area contributed by atoms with Gasteiger partial charge in [0.25, 0.3) is 5.69 Å². The number of rotatable bonds is 4. The Morgan fingerprint density at radius 3 is 2.92 bits per heavy atom. The Hall–Kier alpha value is -2.20. The summed E-state index contributed by atoms with van der Waals surface area (Å²) in [5.74, 6) is -0.0249. The number of esters is 1. The lowest BCUT2D eigenvalue weighted by atomic mass is 10.1. The molecular formula is C16H12INO6. The number of hydrogen-bond donors (Lipinski definition) is 0. The summed E-state index contributed by atoms with van der Waals surface area (Å²) in [6, 6.07) is 9.73. The SMILES string of the molecule is O=C(OCc1cc([N+](=O)[O-])cc2c1OCOC2)c1cccc(I)c1. The minimum Gasteiger partial charge on any atom is -0.467 e. The Bertz CT molecular complexity index is 807. The fraction of sp³-hybridized carbons (Fsp3) is 0.188. The van der Waals surface area contributed by atoms with Crippen LogP contribution in [0.5, 0.6) is 5.75 Å². The quantitative estimate of drug-likeness (QED) is 0.313. The van der Waals surface area contributed by atoms with Gasteiger partial charge >= 0.3 is 5.97 Å². The van der Waals surface area contributed by atoms with Gasteiger partial charge < -0.3 is 14.2 Å². The number of carbonyl (C=O) groups is 1. The fourth-order valence-electron chi connectivity index (χ4n) is 2.34. The first-order valence-electron chi connectivity index (χ1n) is 6.98. The second kappa shape index (κ2) is 7.14. The van der Waals surface area contributed by atoms with E-state index in [9.17, 15) is 14.9 Å². The summed E-state index contributed by atoms with van der Waals surface area (Å²) in [7, 11) is 0. The van der Waals surface area contributed by atoms with Gasteiger partial charge in [0.05, 0.1) is 17.1 Å². The van der Waals surface area contributed by atoms with Crippen LogP contribution in [0.3, 0.4) is 0 Å². The maximum atomic E-state index is 12.1. The van der Waals surface area contributed by atoms with Crippen LogP contribution in [0.4, 0.5) is 5.69 Å². The third-order valence-electron chi connectivity index (χ3n) is 3.40. The van der Waals surface area contributed by atoms with Gasteiger partial charge in [-0.15, -0.1) is 0 Å². The van der Waals surface area contributed by atoms with Gasteiger partial charge in [-0.05, 0) is 40.8 Å². The van der Waals surface area contributed by atoms with Crippen LogP contribution in [-0.2, 0) is 22.7 Å². The van der Waals surface area contributed by atoms with E-state index < -0.39 is 10.9 Å². The van der Waals surface area contributed by atoms with Crippen molar-refractivity contribution in [1.82, 2.24) is 0 Å². The van der Waals surface area contributed by atoms with Crippen LogP contribution in [0.15, 0.2) is 36.4 Å². The van der Waals surface area contributed by atoms with E-state index in [0.717, 1.165) is 3.57 Å². The highest BCUT2D eigenvalue weighted by molar-refractivity contribution is 14.1. The number of ether oxygens (including phenoxy) is 3. The van der Waals surface area contributed by atoms with Crippen molar-refractivity contribution in [1.29, 1.82) is 0 Å². The Kier molecular flexibility index (Phi) is 4.95. The molecule has 0 atom stereocenters. The van der Waals surface area contributed by atoms with E-state index in [1.54, 1.807) is 18.2 Å². The topological polar surface area (TPSA) is 87.9 Å². The average molecular weight is 441 g/mol. The van der Waals surface area contributed by atoms with Crippen LogP contribution < -0.4 is 4.74 Å². The van der Waals surface area contributed by atoms with E-state index in [0.29, 0.717) is 22.4 Å². The summed E-state index contributed by atoms with van der Waals surface area (Å²) in [5, 5.41) is 11.1. The molecule has 0 saturated heterocycles. The minimum absolute atomic E-state index is 0.0582. The van der Waals surface area contributed by atoms with Crippen LogP contribution in [0.2, 0.25) is 0 Å². The molecule has 2 aromatic carbocycles. The van der Waals surface area contributed by atoms with E-state index in [2.05, 4.69) is 22.6 Å². The Balaban J connectivity index is 1.82. The number of hydrogen-bond acceptors (Lipinski definition) is 6. The Labute approximate surface area is 150 Å². The molecular weight excluding hydrogens is 429 g/mol. The molecule has 2 aromatic rings. The minimum atomic E-state index is -0.500. The third kappa shape index (κ3) is 3.65. The molecule has 0 bridgehead atoms. The van der Waals surface area contributed by atoms with Gasteiger partial charge in [-0.2, -0.15) is 0 Å². The van der Waals surface area contributed by atoms with E-state index in [-0.39, 0.29) is 25.7 Å². The highest BCUT2D eigenvalue weighted by Gasteiger charge is 2.22. The molecule has 0 spiro atoms. The lowest BCUT2D eigenvalue weighted by molar-refractivity contribution is -0.385. The number of non-ortho nitro benzene ring substituents is 1. The lowest BCUT2D eigenvalue weighted by Crippen LogP contribution is -2.15. The van der Waals surface area contributed by atoms with Crippen LogP contribution in [0.1, 0.15) is 21.5 Å². The summed E-state index contributed by atoms with van der Waals surface area (Å²) in [6.45, 7) is 0.159. The van der Waals surface area contributed by atoms with Crippen LogP contribution in [-0.4, -0.2) is 17.7 Å². The lowest BCUT2D eigenvalue weighted by Gasteiger charge is -2.20. The smallest absolute Gasteiger partial charge is 0.338 e. The van der Waals surface area contributed by atoms with Gasteiger partial charge in [-0.1, -0.05) is 6.07 Å². The number of nitro benzene ring substituents is 1. The van der Waals surface area contributed by atoms with Crippen molar-refractivity contribution in [2.45, 2.75) is 13.2 Å². The zero-order chi connectivity index (χ0) is 17.1. The maximum Gasteiger partial charge on any atom is 0.338 e. The van der Waals surface area contributed by atoms with Crippen LogP contribution in [0.25, 0.3) is 0 Å². The van der Waals surface area contributed by atoms with Gasteiger partial charge in [-0.25, -0.2) is 4.79 Å². The molecule has 124 valence electrons. The summed E-state index contributed by atoms with van der Waals surface area (Å²) >= 11 is 2.10. The van der Waals surface area contributed by atoms with Crippen molar-refractivity contribution in [3.05, 3.63) is 66.8 Å². The van der Waals surface area contributed by atoms with Crippen molar-refractivity contribution in [2.75, 3.05) is 6.79 Å². The predicted octanol–water partition coefficient (Wildman–Crippen LogP) is 3.42. The third-order valence-corrected chi connectivity index (χ3v) is 4.07. The van der Waals surface area contributed by atoms with E-state index >= 15 is 0 Å². The van der Waals surface area contributed by atoms with Gasteiger partial charge in [0.2, 0.25) is 0 Å². The standard InChI is InChI=1S/C16H12INO6/c17-13-3-1-2-10(4-13)16(19)23-8-12-6-14(18(20)21)5-11-7-22-9-24-15(11)12/h1-6H,7-9H2. The van der Waals surface area contributed by atoms with Crippen molar-refractivity contribution in [2.24, 2.45) is 0 Å². The van der Waals surface area contributed by atoms with E-state index in [4.69, 9.17) is 14.2 Å². The van der Waals surface area contributed by atoms with Gasteiger partial charge in [0.15, 0.2) is 6.79 Å². The highest BCUT2D eigenvalue weighted by atomic mass is 127. The Morgan fingerprint density at radius 2 is 2.17 bits per heavy atom. The molecule has 0 saturated carbocycles. The first-order valence-corrected chi connectivity index (χ1v) is 8.06. The van der Waals surface area contributed by atoms with Crippen LogP contribution >= 0.6 is 22.6 Å². The van der Waals surface area contributed by atoms with Crippen LogP contribution in [0, 0.1) is 13.7 Å². The number of halogens is 1. The van der Waals surface area contributed by atoms with Gasteiger partial charge in [0, 0.05) is 26.8 Å². The summed E-state index contributed by atoms with van der Waals surface area (Å²) in [5.41, 5.74) is 1.34. The van der Waals surface area contributed by atoms with Crippen molar-refractivity contribution >= 4 is 34.2 Å². The van der Waals surface area contributed by atoms with Crippen molar-refractivity contribution < 1.29 is 23.9 Å². The molecule has 8 heteroatoms. The fourth-order valence-corrected chi connectivity index (χ4v) is 2.88. The molecule has 0 fully saturated rings. The number of benzene rings is 2. The zero-order valence-electron chi connectivity index (χ0n) is 12.4. The van der Waals surface area contributed by atoms with E-state index in [1.807, 2.05) is 6.07 Å². The normalized spacial score (nSPS) is 12.9. The molecule has 0 radical (unpaired) electrons. The zero-order valence-corrected chi connectivity index (χ0v) is 14.5. The molecule has 0 aromatic heterocycles. The molecule has 1 heterocycles. The Morgan fingerprint density at radius 1 is 1.33 bits per heavy atom. The second-order valence-corrected chi connectivity index (χ2v) is 6.29. The van der Waals surface area contributed by atoms with E-state index in [1.165, 1.54) is 12.1 Å². The van der Waals surface area contributed by atoms with Crippen molar-refractivity contribution in [3.8, 4) is 5.75 Å². The molecule has 0 N–H and O–H groups in total. The molecule has 3 rings (SSSR count). The number of nitro groups is 1. The molecule has 0 amide bonds. The van der Waals surface area contributed by atoms with Gasteiger partial charge in [0.1, 0.15) is 12.4 Å². The summed E-state index contributed by atoms with van der Waals surface area (Å²) in [4.78, 5) is 22.7. The number of carbonyl (C=O) groups excluding carboxylic acids is 1. The maximum absolute atomic E-state index is 12.1. The van der Waals surface area contributed by atoms with Crippen molar-refractivity contribution in [3.63, 3.8) is 0 Å². The molecule has 1 aliphatic heterocycles. The molecule has 24 heavy (non-hydrogen) atoms. The summed E-state index contributed by atoms with van der Waals surface area (Å²) < 4.78 is 16.7. The molecule has 7 nitrogen and oxygen atoms in total. The second-order valence-electron chi connectivity index (χ2n) is 5.05. The largest absolute Gasteiger partial charge is 0.467 e. The summed E-state index contributed by atoms with van der Waals surface area (Å²) in [6.07, 6.45) is 0. The first-order chi connectivity index (χ1) is 11.5. The number of nitrogens with zero attached hydrogens (tertiary/aromatic N) is 1. The molecule has 1 aliphatic rings. The molecule has 0 aliphatic carbocycles. The molecule has 0 unspecified atom stereocenters. The highest BCUT2D eigenvalue weighted by Crippen LogP contribution is 2.33.